The Kier molecular flexibility index (Phi) is 8.88. The molecule has 142 valence electrons. The highest BCUT2D eigenvalue weighted by molar-refractivity contribution is 5.63. The lowest BCUT2D eigenvalue weighted by Crippen LogP contribution is -2.02. The van der Waals surface area contributed by atoms with Crippen molar-refractivity contribution in [1.82, 2.24) is 0 Å². The summed E-state index contributed by atoms with van der Waals surface area (Å²) in [5.74, 6) is 1.08. The second-order valence-corrected chi connectivity index (χ2v) is 7.89. The molecule has 1 aliphatic heterocycles. The van der Waals surface area contributed by atoms with E-state index in [2.05, 4.69) is 56.3 Å². The van der Waals surface area contributed by atoms with Crippen LogP contribution < -0.4 is 0 Å². The molecule has 2 atom stereocenters. The van der Waals surface area contributed by atoms with Crippen molar-refractivity contribution in [1.29, 1.82) is 0 Å². The summed E-state index contributed by atoms with van der Waals surface area (Å²) in [5.41, 5.74) is 4.97. The van der Waals surface area contributed by atoms with Gasteiger partial charge in [0.1, 0.15) is 0 Å². The number of hydrogen-bond acceptors (Lipinski definition) is 1. The molecule has 1 heteroatoms. The lowest BCUT2D eigenvalue weighted by molar-refractivity contribution is 0.521. The minimum atomic E-state index is 0.361. The summed E-state index contributed by atoms with van der Waals surface area (Å²) in [6, 6.07) is 0. The number of hydrogen-bond donors (Lipinski definition) is 0. The molecule has 0 amide bonds. The lowest BCUT2D eigenvalue weighted by atomic mass is 9.90. The summed E-state index contributed by atoms with van der Waals surface area (Å²) >= 11 is 0. The van der Waals surface area contributed by atoms with Crippen molar-refractivity contribution in [2.45, 2.75) is 78.1 Å². The van der Waals surface area contributed by atoms with E-state index < -0.39 is 0 Å². The molecule has 2 unspecified atom stereocenters. The maximum atomic E-state index is 4.58. The largest absolute Gasteiger partial charge is 0.261 e. The van der Waals surface area contributed by atoms with Crippen LogP contribution in [0, 0.1) is 11.8 Å². The quantitative estimate of drug-likeness (QED) is 0.434. The van der Waals surface area contributed by atoms with Crippen LogP contribution in [0.25, 0.3) is 0 Å². The van der Waals surface area contributed by atoms with E-state index in [4.69, 9.17) is 0 Å². The molecule has 1 nitrogen and oxygen atoms in total. The molecule has 0 saturated carbocycles. The summed E-state index contributed by atoms with van der Waals surface area (Å²) in [5, 5.41) is 0. The smallest absolute Gasteiger partial charge is 0.0641 e. The first kappa shape index (κ1) is 20.7. The minimum absolute atomic E-state index is 0.361. The summed E-state index contributed by atoms with van der Waals surface area (Å²) in [7, 11) is 0. The Labute approximate surface area is 161 Å². The summed E-state index contributed by atoms with van der Waals surface area (Å²) < 4.78 is 0. The van der Waals surface area contributed by atoms with E-state index >= 15 is 0 Å². The van der Waals surface area contributed by atoms with Gasteiger partial charge in [0.05, 0.1) is 5.70 Å². The van der Waals surface area contributed by atoms with Crippen molar-refractivity contribution >= 4 is 6.21 Å². The van der Waals surface area contributed by atoms with E-state index in [-0.39, 0.29) is 0 Å². The highest BCUT2D eigenvalue weighted by Crippen LogP contribution is 2.28. The van der Waals surface area contributed by atoms with Crippen molar-refractivity contribution in [2.75, 3.05) is 0 Å². The molecule has 1 aliphatic carbocycles. The Morgan fingerprint density at radius 2 is 1.92 bits per heavy atom. The van der Waals surface area contributed by atoms with Crippen molar-refractivity contribution in [3.8, 4) is 0 Å². The Morgan fingerprint density at radius 3 is 2.69 bits per heavy atom. The van der Waals surface area contributed by atoms with Crippen molar-refractivity contribution in [3.63, 3.8) is 0 Å². The molecule has 0 radical (unpaired) electrons. The van der Waals surface area contributed by atoms with E-state index in [0.29, 0.717) is 5.92 Å². The van der Waals surface area contributed by atoms with Gasteiger partial charge in [-0.1, -0.05) is 62.8 Å². The molecule has 26 heavy (non-hydrogen) atoms. The zero-order valence-corrected chi connectivity index (χ0v) is 17.0. The van der Waals surface area contributed by atoms with Gasteiger partial charge < -0.3 is 0 Å². The molecule has 1 heterocycles. The first-order valence-electron chi connectivity index (χ1n) is 10.5. The molecule has 0 aromatic heterocycles. The Morgan fingerprint density at radius 1 is 1.08 bits per heavy atom. The van der Waals surface area contributed by atoms with E-state index in [9.17, 15) is 0 Å². The number of aliphatic imine (C=N–C) groups is 1. The van der Waals surface area contributed by atoms with Crippen molar-refractivity contribution in [3.05, 3.63) is 59.9 Å². The molecule has 0 spiro atoms. The van der Waals surface area contributed by atoms with Gasteiger partial charge in [-0.15, -0.1) is 0 Å². The van der Waals surface area contributed by atoms with Gasteiger partial charge >= 0.3 is 0 Å². The molecule has 2 aliphatic rings. The highest BCUT2D eigenvalue weighted by Gasteiger charge is 2.12. The fourth-order valence-electron chi connectivity index (χ4n) is 3.79. The number of rotatable bonds is 6. The molecule has 0 saturated heterocycles. The van der Waals surface area contributed by atoms with Gasteiger partial charge in [-0.25, -0.2) is 0 Å². The average Bonchev–Trinajstić information content (AvgIpc) is 2.70. The lowest BCUT2D eigenvalue weighted by Gasteiger charge is -2.17. The van der Waals surface area contributed by atoms with Crippen molar-refractivity contribution in [2.24, 2.45) is 16.8 Å². The zero-order valence-electron chi connectivity index (χ0n) is 17.0. The average molecular weight is 352 g/mol. The second-order valence-electron chi connectivity index (χ2n) is 7.89. The van der Waals surface area contributed by atoms with E-state index in [0.717, 1.165) is 42.9 Å². The van der Waals surface area contributed by atoms with Gasteiger partial charge in [0, 0.05) is 12.1 Å². The van der Waals surface area contributed by atoms with Crippen LogP contribution in [0.15, 0.2) is 64.9 Å². The minimum Gasteiger partial charge on any atom is -0.261 e. The zero-order chi connectivity index (χ0) is 18.8. The van der Waals surface area contributed by atoms with Gasteiger partial charge in [-0.2, -0.15) is 0 Å². The maximum absolute atomic E-state index is 4.58. The molecule has 2 rings (SSSR count). The Balaban J connectivity index is 1.98. The molecule has 0 bridgehead atoms. The predicted octanol–water partition coefficient (Wildman–Crippen LogP) is 7.74. The first-order valence-corrected chi connectivity index (χ1v) is 10.5. The van der Waals surface area contributed by atoms with Gasteiger partial charge in [0.15, 0.2) is 0 Å². The normalized spacial score (nSPS) is 25.6. The van der Waals surface area contributed by atoms with Gasteiger partial charge in [-0.05, 0) is 75.4 Å². The van der Waals surface area contributed by atoms with E-state index in [1.807, 2.05) is 6.21 Å². The predicted molar refractivity (Wildman–Crippen MR) is 117 cm³/mol. The number of nitrogens with zero attached hydrogens (tertiary/aromatic N) is 1. The monoisotopic (exact) mass is 351 g/mol. The van der Waals surface area contributed by atoms with Gasteiger partial charge in [0.25, 0.3) is 0 Å². The number of allylic oxidation sites excluding steroid dienone is 7. The van der Waals surface area contributed by atoms with Crippen LogP contribution in [0.3, 0.4) is 0 Å². The van der Waals surface area contributed by atoms with Crippen LogP contribution in [0.2, 0.25) is 0 Å². The fraction of sp³-hybridized carbons (Fsp3) is 0.560. The molecule has 0 fully saturated rings. The molecule has 0 aromatic rings. The van der Waals surface area contributed by atoms with Crippen molar-refractivity contribution < 1.29 is 0 Å². The SMILES string of the molecule is C=C(CCC(=C)C1C=CC(CC)CCCCC/C=C\1)C1=C(C)CCC=N1. The Hall–Kier alpha value is -1.63. The summed E-state index contributed by atoms with van der Waals surface area (Å²) in [6.07, 6.45) is 23.5. The van der Waals surface area contributed by atoms with Gasteiger partial charge in [-0.3, -0.25) is 4.99 Å². The third-order valence-corrected chi connectivity index (χ3v) is 5.73. The molecular formula is C25H37N. The molecule has 0 N–H and O–H groups in total. The van der Waals surface area contributed by atoms with Crippen LogP contribution in [-0.2, 0) is 0 Å². The fourth-order valence-corrected chi connectivity index (χ4v) is 3.79. The van der Waals surface area contributed by atoms with Crippen LogP contribution in [0.5, 0.6) is 0 Å². The standard InChI is InChI=1S/C25H37N/c1-5-23-13-9-7-6-8-10-14-24(18-17-23)20(2)15-16-22(4)25-21(3)12-11-19-26-25/h10,14,17-19,23-24H,2,4-9,11-13,15-16H2,1,3H3/b14-10-,18-17?. The Bertz CT molecular complexity index is 600. The summed E-state index contributed by atoms with van der Waals surface area (Å²) in [4.78, 5) is 4.58. The van der Waals surface area contributed by atoms with E-state index in [1.165, 1.54) is 49.7 Å². The topological polar surface area (TPSA) is 12.4 Å². The summed E-state index contributed by atoms with van der Waals surface area (Å²) in [6.45, 7) is 13.2. The third kappa shape index (κ3) is 6.59. The first-order chi connectivity index (χ1) is 12.6. The maximum Gasteiger partial charge on any atom is 0.0641 e. The van der Waals surface area contributed by atoms with Crippen LogP contribution >= 0.6 is 0 Å². The van der Waals surface area contributed by atoms with Gasteiger partial charge in [0.2, 0.25) is 0 Å². The van der Waals surface area contributed by atoms with Crippen LogP contribution in [-0.4, -0.2) is 6.21 Å². The van der Waals surface area contributed by atoms with Crippen LogP contribution in [0.1, 0.15) is 78.1 Å². The second kappa shape index (κ2) is 11.2. The molecular weight excluding hydrogens is 314 g/mol. The van der Waals surface area contributed by atoms with Crippen LogP contribution in [0.4, 0.5) is 0 Å². The molecule has 0 aromatic carbocycles. The van der Waals surface area contributed by atoms with E-state index in [1.54, 1.807) is 0 Å². The highest BCUT2D eigenvalue weighted by atomic mass is 14.7. The third-order valence-electron chi connectivity index (χ3n) is 5.73.